The van der Waals surface area contributed by atoms with Crippen LogP contribution in [-0.4, -0.2) is 25.1 Å². The summed E-state index contributed by atoms with van der Waals surface area (Å²) >= 11 is 1.71. The number of benzene rings is 2. The van der Waals surface area contributed by atoms with Crippen LogP contribution in [0.1, 0.15) is 34.5 Å². The molecule has 0 aliphatic carbocycles. The summed E-state index contributed by atoms with van der Waals surface area (Å²) in [5.41, 5.74) is 2.77. The number of amides is 1. The zero-order valence-electron chi connectivity index (χ0n) is 14.9. The minimum atomic E-state index is -0.0672. The molecule has 1 aliphatic heterocycles. The second kappa shape index (κ2) is 7.09. The minimum Gasteiger partial charge on any atom is -0.488 e. The first kappa shape index (κ1) is 17.1. The summed E-state index contributed by atoms with van der Waals surface area (Å²) in [7, 11) is 0. The van der Waals surface area contributed by atoms with E-state index in [0.29, 0.717) is 5.56 Å². The van der Waals surface area contributed by atoms with Crippen molar-refractivity contribution in [3.05, 3.63) is 64.5 Å². The normalized spacial score (nSPS) is 15.5. The first-order valence-corrected chi connectivity index (χ1v) is 9.75. The Morgan fingerprint density at radius 3 is 2.85 bits per heavy atom. The minimum absolute atomic E-state index is 0.0570. The number of fused-ring (bicyclic) bond motifs is 1. The van der Waals surface area contributed by atoms with Gasteiger partial charge in [0, 0.05) is 23.4 Å². The summed E-state index contributed by atoms with van der Waals surface area (Å²) in [5.74, 6) is 0.684. The highest BCUT2D eigenvalue weighted by atomic mass is 32.1. The van der Waals surface area contributed by atoms with Crippen molar-refractivity contribution in [3.63, 3.8) is 0 Å². The summed E-state index contributed by atoms with van der Waals surface area (Å²) in [5, 5.41) is 9.66. The lowest BCUT2D eigenvalue weighted by Crippen LogP contribution is -2.50. The second-order valence-electron chi connectivity index (χ2n) is 6.76. The Bertz CT molecular complexity index is 946. The fraction of sp³-hybridized carbons (Fsp3) is 0.286. The van der Waals surface area contributed by atoms with Crippen LogP contribution in [0.4, 0.5) is 0 Å². The largest absolute Gasteiger partial charge is 0.488 e. The molecule has 0 spiro atoms. The Morgan fingerprint density at radius 2 is 2.08 bits per heavy atom. The molecule has 1 amide bonds. The van der Waals surface area contributed by atoms with Gasteiger partial charge in [0.25, 0.3) is 5.91 Å². The van der Waals surface area contributed by atoms with E-state index in [9.17, 15) is 4.79 Å². The molecular formula is C21H22N2O2S. The molecule has 26 heavy (non-hydrogen) atoms. The fourth-order valence-electron chi connectivity index (χ4n) is 3.14. The molecule has 134 valence electrons. The van der Waals surface area contributed by atoms with Crippen LogP contribution >= 0.6 is 11.3 Å². The topological polar surface area (TPSA) is 50.4 Å². The van der Waals surface area contributed by atoms with Gasteiger partial charge in [0.05, 0.1) is 6.04 Å². The molecule has 0 radical (unpaired) electrons. The van der Waals surface area contributed by atoms with E-state index in [0.717, 1.165) is 30.0 Å². The predicted molar refractivity (Wildman–Crippen MR) is 106 cm³/mol. The summed E-state index contributed by atoms with van der Waals surface area (Å²) < 4.78 is 7.13. The zero-order chi connectivity index (χ0) is 18.1. The lowest BCUT2D eigenvalue weighted by Gasteiger charge is -2.28. The monoisotopic (exact) mass is 366 g/mol. The van der Waals surface area contributed by atoms with E-state index in [2.05, 4.69) is 28.1 Å². The molecule has 5 heteroatoms. The van der Waals surface area contributed by atoms with E-state index in [1.54, 1.807) is 11.3 Å². The van der Waals surface area contributed by atoms with Gasteiger partial charge in [-0.1, -0.05) is 24.3 Å². The van der Waals surface area contributed by atoms with Crippen LogP contribution in [0.15, 0.2) is 47.8 Å². The number of hydrogen-bond acceptors (Lipinski definition) is 4. The Kier molecular flexibility index (Phi) is 4.66. The number of thiophene rings is 1. The van der Waals surface area contributed by atoms with Crippen molar-refractivity contribution >= 4 is 27.3 Å². The maximum Gasteiger partial charge on any atom is 0.252 e. The molecule has 1 aliphatic rings. The van der Waals surface area contributed by atoms with Crippen molar-refractivity contribution < 1.29 is 9.53 Å². The van der Waals surface area contributed by atoms with Crippen molar-refractivity contribution in [2.75, 3.05) is 13.1 Å². The van der Waals surface area contributed by atoms with Gasteiger partial charge in [-0.05, 0) is 53.9 Å². The van der Waals surface area contributed by atoms with E-state index in [4.69, 9.17) is 4.74 Å². The fourth-order valence-corrected chi connectivity index (χ4v) is 4.20. The van der Waals surface area contributed by atoms with E-state index in [1.165, 1.54) is 10.1 Å². The number of carbonyl (C=O) groups excluding carboxylic acids is 1. The van der Waals surface area contributed by atoms with E-state index in [-0.39, 0.29) is 18.1 Å². The number of carbonyl (C=O) groups is 1. The van der Waals surface area contributed by atoms with E-state index < -0.39 is 0 Å². The highest BCUT2D eigenvalue weighted by Crippen LogP contribution is 2.30. The maximum absolute atomic E-state index is 12.9. The molecule has 0 bridgehead atoms. The predicted octanol–water partition coefficient (Wildman–Crippen LogP) is 4.05. The molecule has 0 saturated carbocycles. The third-order valence-corrected chi connectivity index (χ3v) is 5.81. The van der Waals surface area contributed by atoms with Crippen molar-refractivity contribution in [2.45, 2.75) is 26.0 Å². The van der Waals surface area contributed by atoms with Gasteiger partial charge in [0.1, 0.15) is 11.9 Å². The van der Waals surface area contributed by atoms with E-state index in [1.807, 2.05) is 44.2 Å². The average Bonchev–Trinajstić information content (AvgIpc) is 3.03. The summed E-state index contributed by atoms with van der Waals surface area (Å²) in [6.45, 7) is 5.70. The van der Waals surface area contributed by atoms with Gasteiger partial charge in [-0.15, -0.1) is 11.3 Å². The third kappa shape index (κ3) is 3.32. The molecular weight excluding hydrogens is 344 g/mol. The van der Waals surface area contributed by atoms with Gasteiger partial charge < -0.3 is 15.4 Å². The van der Waals surface area contributed by atoms with Gasteiger partial charge in [-0.2, -0.15) is 0 Å². The highest BCUT2D eigenvalue weighted by Gasteiger charge is 2.20. The smallest absolute Gasteiger partial charge is 0.252 e. The van der Waals surface area contributed by atoms with Crippen LogP contribution in [0, 0.1) is 6.92 Å². The van der Waals surface area contributed by atoms with Crippen molar-refractivity contribution in [3.8, 4) is 5.75 Å². The molecule has 1 aromatic heterocycles. The summed E-state index contributed by atoms with van der Waals surface area (Å²) in [4.78, 5) is 12.9. The maximum atomic E-state index is 12.9. The van der Waals surface area contributed by atoms with Crippen LogP contribution in [0.3, 0.4) is 0 Å². The number of nitrogens with one attached hydrogen (secondary N) is 2. The van der Waals surface area contributed by atoms with Crippen LogP contribution in [0.25, 0.3) is 10.1 Å². The lowest BCUT2D eigenvalue weighted by molar-refractivity contribution is 0.0938. The number of hydrogen-bond donors (Lipinski definition) is 2. The third-order valence-electron chi connectivity index (χ3n) is 4.83. The average molecular weight is 366 g/mol. The van der Waals surface area contributed by atoms with Crippen molar-refractivity contribution in [1.82, 2.24) is 10.6 Å². The zero-order valence-corrected chi connectivity index (χ0v) is 15.7. The van der Waals surface area contributed by atoms with Gasteiger partial charge in [0.2, 0.25) is 0 Å². The first-order chi connectivity index (χ1) is 12.6. The summed E-state index contributed by atoms with van der Waals surface area (Å²) in [6.07, 6.45) is 0.199. The van der Waals surface area contributed by atoms with Gasteiger partial charge in [-0.25, -0.2) is 0 Å². The molecule has 2 aromatic carbocycles. The van der Waals surface area contributed by atoms with Gasteiger partial charge >= 0.3 is 0 Å². The van der Waals surface area contributed by atoms with Gasteiger partial charge in [0.15, 0.2) is 0 Å². The lowest BCUT2D eigenvalue weighted by atomic mass is 10.0. The quantitative estimate of drug-likeness (QED) is 0.716. The van der Waals surface area contributed by atoms with Crippen LogP contribution < -0.4 is 15.4 Å². The Labute approximate surface area is 157 Å². The Hall–Kier alpha value is -2.37. The van der Waals surface area contributed by atoms with Gasteiger partial charge in [-0.3, -0.25) is 4.79 Å². The van der Waals surface area contributed by atoms with Crippen molar-refractivity contribution in [2.24, 2.45) is 0 Å². The molecule has 2 heterocycles. The molecule has 1 unspecified atom stereocenters. The summed E-state index contributed by atoms with van der Waals surface area (Å²) in [6, 6.07) is 14.0. The first-order valence-electron chi connectivity index (χ1n) is 8.87. The number of aryl methyl sites for hydroxylation is 1. The Balaban J connectivity index is 1.52. The number of rotatable bonds is 5. The molecule has 4 rings (SSSR count). The SMILES string of the molecule is Cc1ccc(OC2CNC2)cc1C(=O)NC(C)c1csc2ccccc12. The van der Waals surface area contributed by atoms with Crippen LogP contribution in [-0.2, 0) is 0 Å². The second-order valence-corrected chi connectivity index (χ2v) is 7.67. The molecule has 2 N–H and O–H groups in total. The number of ether oxygens (including phenoxy) is 1. The highest BCUT2D eigenvalue weighted by molar-refractivity contribution is 7.17. The molecule has 1 fully saturated rings. The Morgan fingerprint density at radius 1 is 1.27 bits per heavy atom. The standard InChI is InChI=1S/C21H22N2O2S/c1-13-7-8-15(25-16-10-22-11-16)9-18(13)21(24)23-14(2)19-12-26-20-6-4-3-5-17(19)20/h3-9,12,14,16,22H,10-11H2,1-2H3,(H,23,24). The molecule has 3 aromatic rings. The molecule has 1 atom stereocenters. The van der Waals surface area contributed by atoms with Crippen LogP contribution in [0.5, 0.6) is 5.75 Å². The molecule has 4 nitrogen and oxygen atoms in total. The van der Waals surface area contributed by atoms with E-state index >= 15 is 0 Å². The van der Waals surface area contributed by atoms with Crippen LogP contribution in [0.2, 0.25) is 0 Å². The van der Waals surface area contributed by atoms with Crippen molar-refractivity contribution in [1.29, 1.82) is 0 Å². The molecule has 1 saturated heterocycles.